The van der Waals surface area contributed by atoms with Gasteiger partial charge in [0.2, 0.25) is 11.8 Å². The fourth-order valence-electron chi connectivity index (χ4n) is 5.24. The molecule has 0 saturated carbocycles. The smallest absolute Gasteiger partial charge is 0.258 e. The van der Waals surface area contributed by atoms with Crippen LogP contribution in [-0.2, 0) is 9.59 Å². The van der Waals surface area contributed by atoms with Gasteiger partial charge in [0.25, 0.3) is 11.8 Å². The van der Waals surface area contributed by atoms with Crippen LogP contribution >= 0.6 is 0 Å². The molecular formula is C36H37N5O4. The van der Waals surface area contributed by atoms with Crippen molar-refractivity contribution in [1.29, 1.82) is 0 Å². The van der Waals surface area contributed by atoms with Crippen LogP contribution in [0, 0.1) is 6.92 Å². The molecule has 0 spiro atoms. The van der Waals surface area contributed by atoms with Crippen LogP contribution in [-0.4, -0.2) is 68.8 Å². The van der Waals surface area contributed by atoms with Crippen LogP contribution < -0.4 is 20.4 Å². The number of carbonyl (C=O) groups is 4. The van der Waals surface area contributed by atoms with Crippen molar-refractivity contribution in [2.24, 2.45) is 0 Å². The number of carbonyl (C=O) groups excluding carboxylic acids is 4. The van der Waals surface area contributed by atoms with Crippen LogP contribution in [0.15, 0.2) is 97.1 Å². The van der Waals surface area contributed by atoms with Crippen LogP contribution in [0.25, 0.3) is 11.1 Å². The average Bonchev–Trinajstić information content (AvgIpc) is 3.17. The Bertz CT molecular complexity index is 1700. The molecule has 0 radical (unpaired) electrons. The van der Waals surface area contributed by atoms with E-state index in [-0.39, 0.29) is 43.1 Å². The van der Waals surface area contributed by atoms with E-state index in [1.807, 2.05) is 68.4 Å². The number of nitrogens with one attached hydrogen (secondary N) is 2. The van der Waals surface area contributed by atoms with Gasteiger partial charge in [-0.2, -0.15) is 0 Å². The lowest BCUT2D eigenvalue weighted by molar-refractivity contribution is -0.123. The van der Waals surface area contributed by atoms with Gasteiger partial charge in [-0.25, -0.2) is 0 Å². The van der Waals surface area contributed by atoms with Gasteiger partial charge < -0.3 is 25.3 Å². The van der Waals surface area contributed by atoms with Crippen molar-refractivity contribution in [1.82, 2.24) is 10.2 Å². The number of nitrogens with zero attached hydrogens (tertiary/aromatic N) is 3. The lowest BCUT2D eigenvalue weighted by Crippen LogP contribution is -2.42. The molecule has 0 saturated heterocycles. The molecule has 4 aromatic rings. The molecule has 5 rings (SSSR count). The molecule has 230 valence electrons. The zero-order valence-corrected chi connectivity index (χ0v) is 25.7. The third kappa shape index (κ3) is 7.45. The Hall–Kier alpha value is -5.28. The number of aryl methyl sites for hydroxylation is 1. The molecule has 1 heterocycles. The number of likely N-dealkylation sites (N-methyl/N-ethyl adjacent to an activating group) is 1. The van der Waals surface area contributed by atoms with Crippen molar-refractivity contribution in [2.75, 3.05) is 55.4 Å². The molecule has 4 amide bonds. The van der Waals surface area contributed by atoms with Gasteiger partial charge in [-0.15, -0.1) is 0 Å². The summed E-state index contributed by atoms with van der Waals surface area (Å²) in [5.74, 6) is -1.03. The Morgan fingerprint density at radius 1 is 0.822 bits per heavy atom. The Kier molecular flexibility index (Phi) is 9.70. The van der Waals surface area contributed by atoms with Crippen LogP contribution in [0.2, 0.25) is 0 Å². The van der Waals surface area contributed by atoms with Gasteiger partial charge in [-0.05, 0) is 74.6 Å². The van der Waals surface area contributed by atoms with E-state index < -0.39 is 0 Å². The summed E-state index contributed by atoms with van der Waals surface area (Å²) in [6, 6.07) is 29.3. The van der Waals surface area contributed by atoms with Gasteiger partial charge in [0.1, 0.15) is 6.54 Å². The van der Waals surface area contributed by atoms with Gasteiger partial charge in [0, 0.05) is 42.9 Å². The van der Waals surface area contributed by atoms with E-state index >= 15 is 0 Å². The standard InChI is InChI=1S/C36H37N5O4/c1-25-12-14-26(15-13-25)29-8-4-5-9-30(29)35(44)38-28-18-16-27(17-19-28)36(45)40-22-20-34(43)41(32-11-7-6-10-31(32)40)24-33(42)37-21-23-39(2)3/h4-19H,20-24H2,1-3H3,(H,37,42)(H,38,44). The second-order valence-corrected chi connectivity index (χ2v) is 11.3. The summed E-state index contributed by atoms with van der Waals surface area (Å²) in [6.45, 7) is 3.21. The first-order valence-electron chi connectivity index (χ1n) is 14.9. The highest BCUT2D eigenvalue weighted by atomic mass is 16.2. The number of rotatable bonds is 9. The molecule has 4 aromatic carbocycles. The predicted molar refractivity (Wildman–Crippen MR) is 178 cm³/mol. The van der Waals surface area contributed by atoms with Crippen molar-refractivity contribution >= 4 is 40.7 Å². The molecule has 0 bridgehead atoms. The first-order valence-corrected chi connectivity index (χ1v) is 14.9. The van der Waals surface area contributed by atoms with Crippen molar-refractivity contribution in [3.63, 3.8) is 0 Å². The van der Waals surface area contributed by atoms with Crippen molar-refractivity contribution in [2.45, 2.75) is 13.3 Å². The Morgan fingerprint density at radius 2 is 1.49 bits per heavy atom. The van der Waals surface area contributed by atoms with Crippen LogP contribution in [0.4, 0.5) is 17.1 Å². The fourth-order valence-corrected chi connectivity index (χ4v) is 5.24. The highest BCUT2D eigenvalue weighted by Gasteiger charge is 2.30. The maximum Gasteiger partial charge on any atom is 0.258 e. The second-order valence-electron chi connectivity index (χ2n) is 11.3. The van der Waals surface area contributed by atoms with Crippen LogP contribution in [0.5, 0.6) is 0 Å². The summed E-state index contributed by atoms with van der Waals surface area (Å²) >= 11 is 0. The highest BCUT2D eigenvalue weighted by molar-refractivity contribution is 6.12. The third-order valence-electron chi connectivity index (χ3n) is 7.67. The largest absolute Gasteiger partial charge is 0.353 e. The maximum absolute atomic E-state index is 13.8. The molecule has 0 fully saturated rings. The topological polar surface area (TPSA) is 102 Å². The number of hydrogen-bond donors (Lipinski definition) is 2. The first-order chi connectivity index (χ1) is 21.7. The third-order valence-corrected chi connectivity index (χ3v) is 7.67. The summed E-state index contributed by atoms with van der Waals surface area (Å²) in [6.07, 6.45) is 0.0694. The fraction of sp³-hybridized carbons (Fsp3) is 0.222. The summed E-state index contributed by atoms with van der Waals surface area (Å²) in [7, 11) is 3.84. The van der Waals surface area contributed by atoms with Gasteiger partial charge in [-0.1, -0.05) is 60.2 Å². The van der Waals surface area contributed by atoms with E-state index in [9.17, 15) is 19.2 Å². The van der Waals surface area contributed by atoms with Gasteiger partial charge in [0.05, 0.1) is 11.4 Å². The molecule has 0 aromatic heterocycles. The number of benzene rings is 4. The van der Waals surface area contributed by atoms with Crippen molar-refractivity contribution < 1.29 is 19.2 Å². The van der Waals surface area contributed by atoms with E-state index in [0.29, 0.717) is 41.3 Å². The Labute approximate surface area is 263 Å². The molecule has 0 aliphatic carbocycles. The number of anilines is 3. The molecule has 45 heavy (non-hydrogen) atoms. The van der Waals surface area contributed by atoms with E-state index in [4.69, 9.17) is 0 Å². The number of fused-ring (bicyclic) bond motifs is 1. The van der Waals surface area contributed by atoms with Crippen LogP contribution in [0.3, 0.4) is 0 Å². The van der Waals surface area contributed by atoms with Crippen molar-refractivity contribution in [3.05, 3.63) is 114 Å². The van der Waals surface area contributed by atoms with Crippen molar-refractivity contribution in [3.8, 4) is 11.1 Å². The van der Waals surface area contributed by atoms with Gasteiger partial charge >= 0.3 is 0 Å². The molecule has 1 aliphatic heterocycles. The summed E-state index contributed by atoms with van der Waals surface area (Å²) in [4.78, 5) is 57.8. The molecule has 2 N–H and O–H groups in total. The molecule has 0 unspecified atom stereocenters. The molecule has 9 nitrogen and oxygen atoms in total. The summed E-state index contributed by atoms with van der Waals surface area (Å²) < 4.78 is 0. The van der Waals surface area contributed by atoms with Gasteiger partial charge in [0.15, 0.2) is 0 Å². The van der Waals surface area contributed by atoms with E-state index in [1.165, 1.54) is 4.90 Å². The van der Waals surface area contributed by atoms with E-state index in [2.05, 4.69) is 10.6 Å². The lowest BCUT2D eigenvalue weighted by Gasteiger charge is -2.25. The highest BCUT2D eigenvalue weighted by Crippen LogP contribution is 2.34. The second kappa shape index (κ2) is 14.0. The Morgan fingerprint density at radius 3 is 2.20 bits per heavy atom. The molecule has 1 aliphatic rings. The lowest BCUT2D eigenvalue weighted by atomic mass is 9.98. The minimum absolute atomic E-state index is 0.0694. The quantitative estimate of drug-likeness (QED) is 0.281. The summed E-state index contributed by atoms with van der Waals surface area (Å²) in [5, 5.41) is 5.80. The zero-order chi connectivity index (χ0) is 31.9. The van der Waals surface area contributed by atoms with Crippen LogP contribution in [0.1, 0.15) is 32.7 Å². The number of hydrogen-bond acceptors (Lipinski definition) is 5. The average molecular weight is 604 g/mol. The molecule has 0 atom stereocenters. The number of para-hydroxylation sites is 2. The SMILES string of the molecule is Cc1ccc(-c2ccccc2C(=O)Nc2ccc(C(=O)N3CCC(=O)N(CC(=O)NCCN(C)C)c4ccccc43)cc2)cc1. The maximum atomic E-state index is 13.8. The summed E-state index contributed by atoms with van der Waals surface area (Å²) in [5.41, 5.74) is 5.48. The monoisotopic (exact) mass is 603 g/mol. The first kappa shape index (κ1) is 31.2. The number of amides is 4. The molecular weight excluding hydrogens is 566 g/mol. The van der Waals surface area contributed by atoms with Gasteiger partial charge in [-0.3, -0.25) is 19.2 Å². The normalized spacial score (nSPS) is 12.8. The van der Waals surface area contributed by atoms with E-state index in [1.54, 1.807) is 59.5 Å². The minimum atomic E-state index is -0.282. The zero-order valence-electron chi connectivity index (χ0n) is 25.7. The predicted octanol–water partition coefficient (Wildman–Crippen LogP) is 4.98. The molecule has 9 heteroatoms. The minimum Gasteiger partial charge on any atom is -0.353 e. The van der Waals surface area contributed by atoms with E-state index in [0.717, 1.165) is 16.7 Å². The Balaban J connectivity index is 1.31.